The van der Waals surface area contributed by atoms with Crippen molar-refractivity contribution < 1.29 is 24.5 Å². The van der Waals surface area contributed by atoms with Gasteiger partial charge in [-0.1, -0.05) is 244 Å². The quantitative estimate of drug-likeness (QED) is 0.0322. The minimum Gasteiger partial charge on any atom is -0.466 e. The fraction of sp³-hybridized carbons (Fsp3) is 0.891. The molecule has 0 spiro atoms. The molecule has 2 atom stereocenters. The maximum atomic E-state index is 12.5. The topological polar surface area (TPSA) is 95.9 Å². The summed E-state index contributed by atoms with van der Waals surface area (Å²) in [6.07, 6.45) is 60.0. The van der Waals surface area contributed by atoms with Crippen LogP contribution in [0.2, 0.25) is 0 Å². The molecule has 0 aliphatic carbocycles. The van der Waals surface area contributed by atoms with Gasteiger partial charge in [-0.05, 0) is 57.8 Å². The van der Waals surface area contributed by atoms with E-state index in [0.717, 1.165) is 70.6 Å². The van der Waals surface area contributed by atoms with E-state index in [0.29, 0.717) is 25.9 Å². The Kier molecular flexibility index (Phi) is 49.6. The highest BCUT2D eigenvalue weighted by Crippen LogP contribution is 2.17. The first-order chi connectivity index (χ1) is 30.0. The number of aliphatic hydroxyl groups excluding tert-OH is 2. The highest BCUT2D eigenvalue weighted by Gasteiger charge is 2.20. The van der Waals surface area contributed by atoms with Crippen molar-refractivity contribution in [3.63, 3.8) is 0 Å². The summed E-state index contributed by atoms with van der Waals surface area (Å²) in [6.45, 7) is 4.89. The van der Waals surface area contributed by atoms with E-state index in [1.165, 1.54) is 186 Å². The number of aliphatic hydroxyl groups is 2. The lowest BCUT2D eigenvalue weighted by molar-refractivity contribution is -0.143. The van der Waals surface area contributed by atoms with Crippen LogP contribution in [0.5, 0.6) is 0 Å². The summed E-state index contributed by atoms with van der Waals surface area (Å²) in [5, 5.41) is 23.3. The highest BCUT2D eigenvalue weighted by atomic mass is 16.5. The van der Waals surface area contributed by atoms with Crippen molar-refractivity contribution in [3.05, 3.63) is 24.3 Å². The van der Waals surface area contributed by atoms with Gasteiger partial charge in [0.15, 0.2) is 0 Å². The lowest BCUT2D eigenvalue weighted by Crippen LogP contribution is -2.45. The summed E-state index contributed by atoms with van der Waals surface area (Å²) < 4.78 is 5.45. The molecular weight excluding hydrogens is 755 g/mol. The van der Waals surface area contributed by atoms with Gasteiger partial charge in [0.05, 0.1) is 25.4 Å². The van der Waals surface area contributed by atoms with Gasteiger partial charge < -0.3 is 20.3 Å². The van der Waals surface area contributed by atoms with Crippen LogP contribution in [0.1, 0.15) is 290 Å². The number of hydrogen-bond donors (Lipinski definition) is 3. The molecule has 0 aliphatic heterocycles. The van der Waals surface area contributed by atoms with Crippen LogP contribution in [-0.4, -0.2) is 47.4 Å². The van der Waals surface area contributed by atoms with Gasteiger partial charge in [0, 0.05) is 12.8 Å². The fourth-order valence-corrected chi connectivity index (χ4v) is 8.32. The Morgan fingerprint density at radius 1 is 0.459 bits per heavy atom. The van der Waals surface area contributed by atoms with E-state index >= 15 is 0 Å². The minimum absolute atomic E-state index is 0.0318. The molecule has 0 aromatic rings. The fourth-order valence-electron chi connectivity index (χ4n) is 8.32. The largest absolute Gasteiger partial charge is 0.466 e. The lowest BCUT2D eigenvalue weighted by Gasteiger charge is -2.22. The van der Waals surface area contributed by atoms with Crippen molar-refractivity contribution in [2.75, 3.05) is 13.2 Å². The number of nitrogens with one attached hydrogen (secondary N) is 1. The van der Waals surface area contributed by atoms with E-state index in [-0.39, 0.29) is 18.5 Å². The Morgan fingerprint density at radius 2 is 0.820 bits per heavy atom. The van der Waals surface area contributed by atoms with Crippen LogP contribution in [0, 0.1) is 0 Å². The Hall–Kier alpha value is -1.66. The van der Waals surface area contributed by atoms with Crippen LogP contribution < -0.4 is 5.32 Å². The molecule has 3 N–H and O–H groups in total. The number of unbranched alkanes of at least 4 members (excludes halogenated alkanes) is 35. The molecule has 0 saturated carbocycles. The van der Waals surface area contributed by atoms with Crippen molar-refractivity contribution in [2.45, 2.75) is 302 Å². The molecule has 0 rings (SSSR count). The molecule has 0 fully saturated rings. The predicted molar refractivity (Wildman–Crippen MR) is 264 cm³/mol. The molecule has 0 aromatic heterocycles. The van der Waals surface area contributed by atoms with Gasteiger partial charge in [-0.2, -0.15) is 0 Å². The van der Waals surface area contributed by atoms with E-state index in [9.17, 15) is 19.8 Å². The maximum Gasteiger partial charge on any atom is 0.305 e. The van der Waals surface area contributed by atoms with Crippen molar-refractivity contribution in [1.82, 2.24) is 5.32 Å². The Labute approximate surface area is 380 Å². The van der Waals surface area contributed by atoms with E-state index in [2.05, 4.69) is 43.5 Å². The monoisotopic (exact) mass is 860 g/mol. The maximum absolute atomic E-state index is 12.5. The number of rotatable bonds is 50. The van der Waals surface area contributed by atoms with Gasteiger partial charge in [-0.3, -0.25) is 9.59 Å². The van der Waals surface area contributed by atoms with Gasteiger partial charge in [-0.15, -0.1) is 0 Å². The van der Waals surface area contributed by atoms with Crippen molar-refractivity contribution in [1.29, 1.82) is 0 Å². The Balaban J connectivity index is 3.49. The number of ether oxygens (including phenoxy) is 1. The second-order valence-electron chi connectivity index (χ2n) is 18.6. The van der Waals surface area contributed by atoms with Crippen LogP contribution in [0.25, 0.3) is 0 Å². The SMILES string of the molecule is CCCCCC/C=C\C/C=C\CCCCCCCC(=O)OCCCCCCCCCCCCC(=O)NC(CO)C(O)CCCCCCCCCCCCCCCCCCCC. The third-order valence-corrected chi connectivity index (χ3v) is 12.5. The molecular formula is C55H105NO5. The van der Waals surface area contributed by atoms with E-state index in [1.54, 1.807) is 0 Å². The number of allylic oxidation sites excluding steroid dienone is 4. The third kappa shape index (κ3) is 47.7. The van der Waals surface area contributed by atoms with Crippen molar-refractivity contribution in [2.24, 2.45) is 0 Å². The van der Waals surface area contributed by atoms with Crippen molar-refractivity contribution >= 4 is 11.9 Å². The molecule has 6 nitrogen and oxygen atoms in total. The van der Waals surface area contributed by atoms with E-state index in [1.807, 2.05) is 0 Å². The normalized spacial score (nSPS) is 12.8. The van der Waals surface area contributed by atoms with Gasteiger partial charge in [0.25, 0.3) is 0 Å². The Morgan fingerprint density at radius 3 is 1.26 bits per heavy atom. The predicted octanol–water partition coefficient (Wildman–Crippen LogP) is 16.3. The number of esters is 1. The third-order valence-electron chi connectivity index (χ3n) is 12.5. The molecule has 61 heavy (non-hydrogen) atoms. The van der Waals surface area contributed by atoms with E-state index in [4.69, 9.17) is 4.74 Å². The number of carbonyl (C=O) groups excluding carboxylic acids is 2. The second kappa shape index (κ2) is 51.0. The zero-order valence-corrected chi connectivity index (χ0v) is 40.9. The number of carbonyl (C=O) groups is 2. The molecule has 1 amide bonds. The standard InChI is InChI=1S/C55H105NO5/c1-3-5-7-9-11-13-15-17-19-21-22-23-25-27-31-35-39-43-47-53(58)52(51-57)56-54(59)48-44-40-36-32-29-30-34-38-42-46-50-61-55(60)49-45-41-37-33-28-26-24-20-18-16-14-12-10-8-6-4-2/h14,16,20,24,52-53,57-58H,3-13,15,17-19,21-23,25-51H2,1-2H3,(H,56,59)/b16-14-,24-20-. The zero-order chi connectivity index (χ0) is 44.4. The Bertz CT molecular complexity index is 951. The first-order valence-corrected chi connectivity index (χ1v) is 27.1. The van der Waals surface area contributed by atoms with Crippen molar-refractivity contribution in [3.8, 4) is 0 Å². The first kappa shape index (κ1) is 59.3. The van der Waals surface area contributed by atoms with Gasteiger partial charge in [-0.25, -0.2) is 0 Å². The molecule has 0 aromatic carbocycles. The molecule has 0 heterocycles. The summed E-state index contributed by atoms with van der Waals surface area (Å²) in [6, 6.07) is -0.559. The summed E-state index contributed by atoms with van der Waals surface area (Å²) in [5.41, 5.74) is 0. The molecule has 2 unspecified atom stereocenters. The van der Waals surface area contributed by atoms with Gasteiger partial charge >= 0.3 is 5.97 Å². The average Bonchev–Trinajstić information content (AvgIpc) is 3.26. The first-order valence-electron chi connectivity index (χ1n) is 27.1. The smallest absolute Gasteiger partial charge is 0.305 e. The highest BCUT2D eigenvalue weighted by molar-refractivity contribution is 5.76. The average molecular weight is 860 g/mol. The summed E-state index contributed by atoms with van der Waals surface area (Å²) >= 11 is 0. The van der Waals surface area contributed by atoms with Crippen LogP contribution in [0.3, 0.4) is 0 Å². The molecule has 0 radical (unpaired) electrons. The zero-order valence-electron chi connectivity index (χ0n) is 40.9. The lowest BCUT2D eigenvalue weighted by atomic mass is 10.0. The molecule has 6 heteroatoms. The molecule has 360 valence electrons. The minimum atomic E-state index is -0.680. The van der Waals surface area contributed by atoms with Crippen LogP contribution in [-0.2, 0) is 14.3 Å². The number of amides is 1. The summed E-state index contributed by atoms with van der Waals surface area (Å²) in [4.78, 5) is 24.5. The summed E-state index contributed by atoms with van der Waals surface area (Å²) in [5.74, 6) is -0.0889. The van der Waals surface area contributed by atoms with Crippen LogP contribution >= 0.6 is 0 Å². The second-order valence-corrected chi connectivity index (χ2v) is 18.6. The molecule has 0 saturated heterocycles. The number of hydrogen-bond acceptors (Lipinski definition) is 5. The summed E-state index contributed by atoms with van der Waals surface area (Å²) in [7, 11) is 0. The van der Waals surface area contributed by atoms with Crippen LogP contribution in [0.4, 0.5) is 0 Å². The van der Waals surface area contributed by atoms with Crippen LogP contribution in [0.15, 0.2) is 24.3 Å². The van der Waals surface area contributed by atoms with Gasteiger partial charge in [0.1, 0.15) is 0 Å². The molecule has 0 bridgehead atoms. The molecule has 0 aliphatic rings. The van der Waals surface area contributed by atoms with E-state index < -0.39 is 12.1 Å². The van der Waals surface area contributed by atoms with Gasteiger partial charge in [0.2, 0.25) is 5.91 Å².